The van der Waals surface area contributed by atoms with Crippen LogP contribution in [0.15, 0.2) is 6.07 Å². The molecule has 1 nitrogen and oxygen atoms in total. The van der Waals surface area contributed by atoms with Crippen LogP contribution >= 0.6 is 0 Å². The van der Waals surface area contributed by atoms with E-state index in [2.05, 4.69) is 10.8 Å². The summed E-state index contributed by atoms with van der Waals surface area (Å²) in [6.07, 6.45) is 0. The molecule has 0 saturated carbocycles. The first kappa shape index (κ1) is 15.4. The standard InChI is InChI=1S/C8H7F2O.CH3.U/c1-5-6(9)3-4-7(11-2)8(5)10;;/h4H,1-2H3;1H3;/q2*-1;+2. The summed E-state index contributed by atoms with van der Waals surface area (Å²) in [5, 5.41) is 0. The molecule has 0 aliphatic carbocycles. The van der Waals surface area contributed by atoms with Gasteiger partial charge in [0.15, 0.2) is 0 Å². The summed E-state index contributed by atoms with van der Waals surface area (Å²) in [5.74, 6) is -1.32. The number of ether oxygens (including phenoxy) is 1. The Kier molecular flexibility index (Phi) is 7.58. The molecule has 0 bridgehead atoms. The molecule has 1 aromatic rings. The summed E-state index contributed by atoms with van der Waals surface area (Å²) < 4.78 is 30.0. The molecule has 0 N–H and O–H groups in total. The molecule has 0 atom stereocenters. The fourth-order valence-electron chi connectivity index (χ4n) is 0.730. The van der Waals surface area contributed by atoms with E-state index in [-0.39, 0.29) is 49.9 Å². The second-order valence-corrected chi connectivity index (χ2v) is 2.11. The minimum atomic E-state index is -0.677. The molecule has 1 aromatic carbocycles. The number of hydrogen-bond acceptors (Lipinski definition) is 1. The molecule has 1 rings (SSSR count). The van der Waals surface area contributed by atoms with Crippen LogP contribution in [0.4, 0.5) is 8.78 Å². The maximum Gasteiger partial charge on any atom is 2.00 e. The van der Waals surface area contributed by atoms with Gasteiger partial charge in [-0.2, -0.15) is 0 Å². The predicted octanol–water partition coefficient (Wildman–Crippen LogP) is 2.53. The fraction of sp³-hybridized carbons (Fsp3) is 0.222. The van der Waals surface area contributed by atoms with Crippen LogP contribution in [0.25, 0.3) is 0 Å². The van der Waals surface area contributed by atoms with Gasteiger partial charge in [0, 0.05) is 11.6 Å². The predicted molar refractivity (Wildman–Crippen MR) is 42.9 cm³/mol. The summed E-state index contributed by atoms with van der Waals surface area (Å²) in [4.78, 5) is 0. The quantitative estimate of drug-likeness (QED) is 0.647. The summed E-state index contributed by atoms with van der Waals surface area (Å²) in [6, 6.07) is 3.36. The van der Waals surface area contributed by atoms with Gasteiger partial charge in [-0.15, -0.1) is 12.1 Å². The summed E-state index contributed by atoms with van der Waals surface area (Å²) in [6.45, 7) is 1.34. The number of rotatable bonds is 1. The zero-order valence-corrected chi connectivity index (χ0v) is 11.9. The second kappa shape index (κ2) is 6.40. The van der Waals surface area contributed by atoms with Gasteiger partial charge in [0.2, 0.25) is 0 Å². The topological polar surface area (TPSA) is 9.23 Å². The molecular weight excluding hydrogens is 400 g/mol. The summed E-state index contributed by atoms with van der Waals surface area (Å²) >= 11 is 0. The number of hydrogen-bond donors (Lipinski definition) is 0. The smallest absolute Gasteiger partial charge is 0.551 e. The zero-order chi connectivity index (χ0) is 8.43. The summed E-state index contributed by atoms with van der Waals surface area (Å²) in [7, 11) is 1.32. The van der Waals surface area contributed by atoms with Gasteiger partial charge in [0.25, 0.3) is 0 Å². The first-order chi connectivity index (χ1) is 5.16. The van der Waals surface area contributed by atoms with Crippen molar-refractivity contribution in [2.24, 2.45) is 0 Å². The van der Waals surface area contributed by atoms with E-state index in [0.29, 0.717) is 0 Å². The van der Waals surface area contributed by atoms with E-state index in [0.717, 1.165) is 6.07 Å². The van der Waals surface area contributed by atoms with Crippen molar-refractivity contribution in [3.05, 3.63) is 36.8 Å². The Morgan fingerprint density at radius 1 is 1.38 bits per heavy atom. The molecular formula is C9H10F2OU. The van der Waals surface area contributed by atoms with Gasteiger partial charge in [0.1, 0.15) is 0 Å². The van der Waals surface area contributed by atoms with Crippen LogP contribution in [-0.2, 0) is 0 Å². The average Bonchev–Trinajstić information content (AvgIpc) is 2.01. The average molecular weight is 410 g/mol. The number of benzene rings is 1. The van der Waals surface area contributed by atoms with Gasteiger partial charge in [-0.25, -0.2) is 8.78 Å². The van der Waals surface area contributed by atoms with Gasteiger partial charge < -0.3 is 12.2 Å². The molecule has 0 saturated heterocycles. The molecule has 0 heterocycles. The molecule has 13 heavy (non-hydrogen) atoms. The molecule has 0 spiro atoms. The Morgan fingerprint density at radius 2 is 1.92 bits per heavy atom. The molecule has 0 aromatic heterocycles. The van der Waals surface area contributed by atoms with Crippen molar-refractivity contribution in [1.82, 2.24) is 0 Å². The fourth-order valence-corrected chi connectivity index (χ4v) is 0.730. The first-order valence-corrected chi connectivity index (χ1v) is 3.07. The largest absolute Gasteiger partial charge is 2.00 e. The minimum absolute atomic E-state index is 0. The maximum absolute atomic E-state index is 12.9. The van der Waals surface area contributed by atoms with Gasteiger partial charge in [0.05, 0.1) is 12.9 Å². The molecule has 4 heteroatoms. The third-order valence-electron chi connectivity index (χ3n) is 1.42. The second-order valence-electron chi connectivity index (χ2n) is 2.11. The van der Waals surface area contributed by atoms with E-state index in [1.54, 1.807) is 0 Å². The Balaban J connectivity index is 0. The van der Waals surface area contributed by atoms with Gasteiger partial charge in [-0.1, -0.05) is 12.5 Å². The van der Waals surface area contributed by atoms with Crippen molar-refractivity contribution in [2.75, 3.05) is 7.11 Å². The van der Waals surface area contributed by atoms with E-state index in [1.807, 2.05) is 0 Å². The third-order valence-corrected chi connectivity index (χ3v) is 1.42. The van der Waals surface area contributed by atoms with Crippen molar-refractivity contribution in [3.8, 4) is 5.75 Å². The molecule has 0 fully saturated rings. The van der Waals surface area contributed by atoms with E-state index in [4.69, 9.17) is 0 Å². The Hall–Kier alpha value is -0.0681. The maximum atomic E-state index is 12.9. The normalized spacial score (nSPS) is 8.31. The number of methoxy groups -OCH3 is 1. The van der Waals surface area contributed by atoms with Crippen molar-refractivity contribution in [1.29, 1.82) is 0 Å². The van der Waals surface area contributed by atoms with Crippen molar-refractivity contribution >= 4 is 0 Å². The van der Waals surface area contributed by atoms with Crippen molar-refractivity contribution in [3.63, 3.8) is 0 Å². The first-order valence-electron chi connectivity index (χ1n) is 3.07. The van der Waals surface area contributed by atoms with Crippen LogP contribution in [0.5, 0.6) is 5.75 Å². The third kappa shape index (κ3) is 3.28. The summed E-state index contributed by atoms with van der Waals surface area (Å²) in [5.41, 5.74) is -0.0654. The molecule has 0 aliphatic rings. The van der Waals surface area contributed by atoms with Gasteiger partial charge in [-0.05, 0) is 0 Å². The Bertz CT molecular complexity index is 277. The van der Waals surface area contributed by atoms with Crippen LogP contribution < -0.4 is 4.74 Å². The van der Waals surface area contributed by atoms with Gasteiger partial charge >= 0.3 is 31.1 Å². The molecule has 0 aliphatic heterocycles. The molecule has 0 amide bonds. The SMILES string of the molecule is COc1c[c-]c(F)c(C)c1F.[CH3-].[U+2]. The number of halogens is 2. The van der Waals surface area contributed by atoms with Crippen LogP contribution in [0.1, 0.15) is 5.56 Å². The Morgan fingerprint density at radius 3 is 2.38 bits per heavy atom. The monoisotopic (exact) mass is 410 g/mol. The van der Waals surface area contributed by atoms with Crippen molar-refractivity contribution in [2.45, 2.75) is 6.92 Å². The zero-order valence-electron chi connectivity index (χ0n) is 7.74. The van der Waals surface area contributed by atoms with E-state index in [9.17, 15) is 8.78 Å². The van der Waals surface area contributed by atoms with E-state index < -0.39 is 11.6 Å². The minimum Gasteiger partial charge on any atom is -0.551 e. The van der Waals surface area contributed by atoms with Crippen LogP contribution in [0.3, 0.4) is 0 Å². The van der Waals surface area contributed by atoms with Crippen molar-refractivity contribution < 1.29 is 44.6 Å². The molecule has 0 radical (unpaired) electrons. The molecule has 0 unspecified atom stereocenters. The van der Waals surface area contributed by atoms with Crippen LogP contribution in [-0.4, -0.2) is 7.11 Å². The van der Waals surface area contributed by atoms with Gasteiger partial charge in [-0.3, -0.25) is 0 Å². The molecule has 70 valence electrons. The van der Waals surface area contributed by atoms with E-state index >= 15 is 0 Å². The van der Waals surface area contributed by atoms with Crippen LogP contribution in [0, 0.1) is 63.2 Å². The Labute approximate surface area is 101 Å². The van der Waals surface area contributed by atoms with E-state index in [1.165, 1.54) is 14.0 Å². The van der Waals surface area contributed by atoms with Crippen LogP contribution in [0.2, 0.25) is 0 Å².